The lowest BCUT2D eigenvalue weighted by molar-refractivity contribution is 0.0982. The van der Waals surface area contributed by atoms with Gasteiger partial charge in [0, 0.05) is 34.1 Å². The van der Waals surface area contributed by atoms with E-state index < -0.39 is 0 Å². The van der Waals surface area contributed by atoms with Crippen LogP contribution in [0.1, 0.15) is 51.9 Å². The maximum absolute atomic E-state index is 12.0. The minimum Gasteiger partial charge on any atom is -0.348 e. The minimum absolute atomic E-state index is 0.326. The van der Waals surface area contributed by atoms with E-state index in [4.69, 9.17) is 0 Å². The van der Waals surface area contributed by atoms with Crippen molar-refractivity contribution in [1.82, 2.24) is 4.57 Å². The van der Waals surface area contributed by atoms with Gasteiger partial charge in [-0.15, -0.1) is 11.3 Å². The fourth-order valence-corrected chi connectivity index (χ4v) is 3.68. The van der Waals surface area contributed by atoms with Crippen LogP contribution in [0.25, 0.3) is 0 Å². The number of fused-ring (bicyclic) bond motifs is 1. The molecule has 100 valence electrons. The van der Waals surface area contributed by atoms with E-state index in [0.717, 1.165) is 44.2 Å². The Morgan fingerprint density at radius 2 is 1.95 bits per heavy atom. The van der Waals surface area contributed by atoms with Crippen molar-refractivity contribution in [3.8, 4) is 0 Å². The van der Waals surface area contributed by atoms with Gasteiger partial charge in [-0.25, -0.2) is 0 Å². The Hall–Kier alpha value is -1.35. The van der Waals surface area contributed by atoms with Gasteiger partial charge >= 0.3 is 0 Å². The molecule has 0 aromatic carbocycles. The lowest BCUT2D eigenvalue weighted by atomic mass is 10.1. The molecule has 0 spiro atoms. The smallest absolute Gasteiger partial charge is 0.164 e. The second-order valence-corrected chi connectivity index (χ2v) is 6.47. The van der Waals surface area contributed by atoms with Crippen molar-refractivity contribution >= 4 is 17.1 Å². The molecule has 2 aromatic rings. The number of thiophene rings is 1. The summed E-state index contributed by atoms with van der Waals surface area (Å²) in [5, 5.41) is 0. The molecule has 3 rings (SSSR count). The first-order valence-corrected chi connectivity index (χ1v) is 7.87. The lowest BCUT2D eigenvalue weighted by Gasteiger charge is -2.00. The number of ketones is 1. The number of nitrogens with zero attached hydrogens (tertiary/aromatic N) is 1. The zero-order chi connectivity index (χ0) is 13.2. The van der Waals surface area contributed by atoms with E-state index in [1.165, 1.54) is 15.3 Å². The zero-order valence-corrected chi connectivity index (χ0v) is 12.1. The highest BCUT2D eigenvalue weighted by Crippen LogP contribution is 2.23. The SMILES string of the molecule is CCc1ccc(Cn2cc3c(c2)C(=O)CCCC3)s1. The number of carbonyl (C=O) groups is 1. The first-order chi connectivity index (χ1) is 9.26. The number of rotatable bonds is 3. The number of hydrogen-bond acceptors (Lipinski definition) is 2. The van der Waals surface area contributed by atoms with Crippen LogP contribution >= 0.6 is 11.3 Å². The summed E-state index contributed by atoms with van der Waals surface area (Å²) in [5.74, 6) is 0.326. The monoisotopic (exact) mass is 273 g/mol. The highest BCUT2D eigenvalue weighted by molar-refractivity contribution is 7.11. The van der Waals surface area contributed by atoms with Crippen LogP contribution in [0.5, 0.6) is 0 Å². The van der Waals surface area contributed by atoms with Crippen LogP contribution in [-0.2, 0) is 19.4 Å². The summed E-state index contributed by atoms with van der Waals surface area (Å²) in [4.78, 5) is 14.8. The average molecular weight is 273 g/mol. The summed E-state index contributed by atoms with van der Waals surface area (Å²) in [6.07, 6.45) is 9.28. The van der Waals surface area contributed by atoms with Gasteiger partial charge in [0.05, 0.1) is 6.54 Å². The molecule has 0 saturated carbocycles. The standard InChI is InChI=1S/C16H19NOS/c1-2-13-7-8-14(19-13)10-17-9-12-5-3-4-6-16(18)15(12)11-17/h7-9,11H,2-6,10H2,1H3. The normalized spacial score (nSPS) is 15.3. The molecule has 0 fully saturated rings. The number of carbonyl (C=O) groups excluding carboxylic acids is 1. The predicted octanol–water partition coefficient (Wildman–Crippen LogP) is 4.07. The third-order valence-electron chi connectivity index (χ3n) is 3.77. The summed E-state index contributed by atoms with van der Waals surface area (Å²) in [5.41, 5.74) is 2.21. The fourth-order valence-electron chi connectivity index (χ4n) is 2.71. The molecule has 0 aliphatic heterocycles. The highest BCUT2D eigenvalue weighted by atomic mass is 32.1. The topological polar surface area (TPSA) is 22.0 Å². The second kappa shape index (κ2) is 5.33. The predicted molar refractivity (Wildman–Crippen MR) is 79.1 cm³/mol. The zero-order valence-electron chi connectivity index (χ0n) is 11.3. The number of aromatic nitrogens is 1. The van der Waals surface area contributed by atoms with Crippen molar-refractivity contribution in [2.24, 2.45) is 0 Å². The molecule has 0 amide bonds. The van der Waals surface area contributed by atoms with Crippen LogP contribution in [0.15, 0.2) is 24.5 Å². The van der Waals surface area contributed by atoms with Crippen molar-refractivity contribution < 1.29 is 4.79 Å². The third-order valence-corrected chi connectivity index (χ3v) is 4.98. The number of hydrogen-bond donors (Lipinski definition) is 0. The number of Topliss-reactive ketones (excluding diaryl/α,β-unsaturated/α-hetero) is 1. The summed E-state index contributed by atoms with van der Waals surface area (Å²) in [6.45, 7) is 3.08. The fraction of sp³-hybridized carbons (Fsp3) is 0.438. The molecule has 0 bridgehead atoms. The summed E-state index contributed by atoms with van der Waals surface area (Å²) in [6, 6.07) is 4.41. The molecule has 1 aliphatic rings. The Labute approximate surface area is 118 Å². The molecule has 0 N–H and O–H groups in total. The lowest BCUT2D eigenvalue weighted by Crippen LogP contribution is -1.97. The summed E-state index contributed by atoms with van der Waals surface area (Å²) < 4.78 is 2.18. The van der Waals surface area contributed by atoms with Gasteiger partial charge < -0.3 is 4.57 Å². The molecule has 1 aliphatic carbocycles. The van der Waals surface area contributed by atoms with Gasteiger partial charge in [-0.2, -0.15) is 0 Å². The Morgan fingerprint density at radius 3 is 2.74 bits per heavy atom. The average Bonchev–Trinajstić information content (AvgIpc) is 2.98. The van der Waals surface area contributed by atoms with Crippen LogP contribution in [0.4, 0.5) is 0 Å². The van der Waals surface area contributed by atoms with E-state index in [-0.39, 0.29) is 0 Å². The van der Waals surface area contributed by atoms with Gasteiger partial charge in [0.25, 0.3) is 0 Å². The van der Waals surface area contributed by atoms with Gasteiger partial charge in [-0.1, -0.05) is 6.92 Å². The van der Waals surface area contributed by atoms with E-state index >= 15 is 0 Å². The molecule has 0 saturated heterocycles. The van der Waals surface area contributed by atoms with Crippen LogP contribution in [-0.4, -0.2) is 10.4 Å². The third kappa shape index (κ3) is 2.66. The largest absolute Gasteiger partial charge is 0.348 e. The van der Waals surface area contributed by atoms with Gasteiger partial charge in [-0.3, -0.25) is 4.79 Å². The second-order valence-electron chi connectivity index (χ2n) is 5.22. The molecule has 2 aromatic heterocycles. The van der Waals surface area contributed by atoms with Gasteiger partial charge in [0.15, 0.2) is 5.78 Å². The molecule has 0 unspecified atom stereocenters. The maximum Gasteiger partial charge on any atom is 0.164 e. The Kier molecular flexibility index (Phi) is 3.56. The van der Waals surface area contributed by atoms with Gasteiger partial charge in [0.2, 0.25) is 0 Å². The van der Waals surface area contributed by atoms with Crippen LogP contribution in [0, 0.1) is 0 Å². The van der Waals surface area contributed by atoms with Crippen LogP contribution < -0.4 is 0 Å². The molecule has 2 nitrogen and oxygen atoms in total. The quantitative estimate of drug-likeness (QED) is 0.773. The maximum atomic E-state index is 12.0. The number of aryl methyl sites for hydroxylation is 2. The van der Waals surface area contributed by atoms with Crippen LogP contribution in [0.3, 0.4) is 0 Å². The van der Waals surface area contributed by atoms with Crippen LogP contribution in [0.2, 0.25) is 0 Å². The van der Waals surface area contributed by atoms with Gasteiger partial charge in [0.1, 0.15) is 0 Å². The van der Waals surface area contributed by atoms with Gasteiger partial charge in [-0.05, 0) is 43.4 Å². The first-order valence-electron chi connectivity index (χ1n) is 7.05. The van der Waals surface area contributed by atoms with Crippen molar-refractivity contribution in [3.05, 3.63) is 45.4 Å². The molecule has 3 heteroatoms. The highest BCUT2D eigenvalue weighted by Gasteiger charge is 2.17. The van der Waals surface area contributed by atoms with Crippen molar-refractivity contribution in [1.29, 1.82) is 0 Å². The van der Waals surface area contributed by atoms with E-state index in [9.17, 15) is 4.79 Å². The minimum atomic E-state index is 0.326. The molecule has 19 heavy (non-hydrogen) atoms. The molecular weight excluding hydrogens is 254 g/mol. The van der Waals surface area contributed by atoms with Crippen molar-refractivity contribution in [2.45, 2.75) is 45.6 Å². The molecule has 2 heterocycles. The Morgan fingerprint density at radius 1 is 1.16 bits per heavy atom. The van der Waals surface area contributed by atoms with Crippen molar-refractivity contribution in [2.75, 3.05) is 0 Å². The van der Waals surface area contributed by atoms with E-state index in [1.54, 1.807) is 0 Å². The van der Waals surface area contributed by atoms with Crippen molar-refractivity contribution in [3.63, 3.8) is 0 Å². The summed E-state index contributed by atoms with van der Waals surface area (Å²) >= 11 is 1.87. The molecule has 0 atom stereocenters. The summed E-state index contributed by atoms with van der Waals surface area (Å²) in [7, 11) is 0. The Bertz CT molecular complexity index is 594. The Balaban J connectivity index is 1.82. The molecule has 0 radical (unpaired) electrons. The van der Waals surface area contributed by atoms with E-state index in [2.05, 4.69) is 29.8 Å². The van der Waals surface area contributed by atoms with E-state index in [1.807, 2.05) is 17.5 Å². The first kappa shape index (κ1) is 12.7. The van der Waals surface area contributed by atoms with E-state index in [0.29, 0.717) is 5.78 Å². The molecular formula is C16H19NOS.